The minimum absolute atomic E-state index is 0.156. The zero-order valence-electron chi connectivity index (χ0n) is 22.8. The van der Waals surface area contributed by atoms with Crippen LogP contribution in [0.15, 0.2) is 97.3 Å². The Hall–Kier alpha value is -4.23. The van der Waals surface area contributed by atoms with Crippen molar-refractivity contribution in [1.82, 2.24) is 19.5 Å². The Kier molecular flexibility index (Phi) is 7.96. The molecule has 0 amide bonds. The lowest BCUT2D eigenvalue weighted by Crippen LogP contribution is -2.33. The first-order valence-electron chi connectivity index (χ1n) is 14.1. The van der Waals surface area contributed by atoms with Gasteiger partial charge in [0.05, 0.1) is 24.7 Å². The lowest BCUT2D eigenvalue weighted by Gasteiger charge is -2.35. The van der Waals surface area contributed by atoms with E-state index >= 15 is 0 Å². The van der Waals surface area contributed by atoms with Crippen LogP contribution >= 0.6 is 11.6 Å². The van der Waals surface area contributed by atoms with Crippen LogP contribution in [0.5, 0.6) is 0 Å². The number of rotatable bonds is 9. The van der Waals surface area contributed by atoms with Crippen molar-refractivity contribution < 1.29 is 9.53 Å². The Morgan fingerprint density at radius 2 is 1.37 bits per heavy atom. The van der Waals surface area contributed by atoms with Crippen molar-refractivity contribution in [3.63, 3.8) is 0 Å². The maximum atomic E-state index is 13.6. The van der Waals surface area contributed by atoms with E-state index in [4.69, 9.17) is 16.3 Å². The van der Waals surface area contributed by atoms with Gasteiger partial charge in [-0.25, -0.2) is 4.98 Å². The highest BCUT2D eigenvalue weighted by Gasteiger charge is 2.39. The van der Waals surface area contributed by atoms with Crippen molar-refractivity contribution >= 4 is 34.6 Å². The summed E-state index contributed by atoms with van der Waals surface area (Å²) in [6, 6.07) is 30.5. The third-order valence-corrected chi connectivity index (χ3v) is 8.05. The number of piperidine rings is 1. The molecule has 1 saturated heterocycles. The fourth-order valence-corrected chi connectivity index (χ4v) is 6.05. The standard InChI is InChI=1S/C33H32ClN5O2/c34-32-36-30(38-19-11-4-12-20-38)29-31(37-32)39(24-35-29)21-22-41-28(40)23-33(25-13-5-1-6-14-25,26-15-7-2-8-16-26)27-17-9-3-10-18-27/h1-3,5-10,13-18,24H,4,11-12,19-23H2. The minimum atomic E-state index is -0.702. The highest BCUT2D eigenvalue weighted by molar-refractivity contribution is 6.28. The van der Waals surface area contributed by atoms with Crippen molar-refractivity contribution in [2.45, 2.75) is 37.6 Å². The van der Waals surface area contributed by atoms with E-state index < -0.39 is 5.41 Å². The summed E-state index contributed by atoms with van der Waals surface area (Å²) < 4.78 is 7.76. The molecule has 0 bridgehead atoms. The third kappa shape index (κ3) is 5.55. The number of fused-ring (bicyclic) bond motifs is 1. The number of nitrogens with zero attached hydrogens (tertiary/aromatic N) is 5. The monoisotopic (exact) mass is 565 g/mol. The van der Waals surface area contributed by atoms with E-state index in [0.717, 1.165) is 54.0 Å². The zero-order valence-corrected chi connectivity index (χ0v) is 23.6. The van der Waals surface area contributed by atoms with Crippen LogP contribution in [0.2, 0.25) is 5.28 Å². The van der Waals surface area contributed by atoms with Gasteiger partial charge in [0, 0.05) is 13.1 Å². The highest BCUT2D eigenvalue weighted by Crippen LogP contribution is 2.42. The van der Waals surface area contributed by atoms with Crippen LogP contribution in [0.1, 0.15) is 42.4 Å². The Bertz CT molecular complexity index is 1510. The molecular weight excluding hydrogens is 534 g/mol. The fourth-order valence-electron chi connectivity index (χ4n) is 5.89. The van der Waals surface area contributed by atoms with E-state index in [-0.39, 0.29) is 24.3 Å². The van der Waals surface area contributed by atoms with Crippen LogP contribution in [0.25, 0.3) is 11.2 Å². The first-order chi connectivity index (χ1) is 20.1. The number of hydrogen-bond donors (Lipinski definition) is 0. The predicted molar refractivity (Wildman–Crippen MR) is 161 cm³/mol. The SMILES string of the molecule is O=C(CC(c1ccccc1)(c1ccccc1)c1ccccc1)OCCn1cnc2c(N3CCCCC3)nc(Cl)nc21. The normalized spacial score (nSPS) is 13.8. The van der Waals surface area contributed by atoms with Crippen LogP contribution in [-0.4, -0.2) is 45.2 Å². The van der Waals surface area contributed by atoms with E-state index in [1.807, 2.05) is 59.2 Å². The second kappa shape index (κ2) is 12.1. The van der Waals surface area contributed by atoms with Crippen molar-refractivity contribution in [3.8, 4) is 0 Å². The third-order valence-electron chi connectivity index (χ3n) is 7.88. The number of aromatic nitrogens is 4. The molecule has 8 heteroatoms. The van der Waals surface area contributed by atoms with Gasteiger partial charge in [-0.05, 0) is 47.6 Å². The van der Waals surface area contributed by atoms with Crippen molar-refractivity contribution in [2.75, 3.05) is 24.6 Å². The fraction of sp³-hybridized carbons (Fsp3) is 0.273. The number of esters is 1. The quantitative estimate of drug-likeness (QED) is 0.116. The van der Waals surface area contributed by atoms with Gasteiger partial charge < -0.3 is 14.2 Å². The molecule has 6 rings (SSSR count). The summed E-state index contributed by atoms with van der Waals surface area (Å²) >= 11 is 6.33. The molecule has 5 aromatic rings. The number of anilines is 1. The molecule has 1 aliphatic rings. The summed E-state index contributed by atoms with van der Waals surface area (Å²) in [6.45, 7) is 2.45. The Morgan fingerprint density at radius 1 is 0.805 bits per heavy atom. The van der Waals surface area contributed by atoms with Crippen molar-refractivity contribution in [1.29, 1.82) is 0 Å². The lowest BCUT2D eigenvalue weighted by atomic mass is 9.67. The summed E-state index contributed by atoms with van der Waals surface area (Å²) in [5, 5.41) is 0.190. The average Bonchev–Trinajstić information content (AvgIpc) is 3.43. The summed E-state index contributed by atoms with van der Waals surface area (Å²) in [5.41, 5.74) is 3.77. The molecule has 41 heavy (non-hydrogen) atoms. The molecule has 0 spiro atoms. The van der Waals surface area contributed by atoms with E-state index in [1.165, 1.54) is 6.42 Å². The van der Waals surface area contributed by atoms with Gasteiger partial charge in [0.15, 0.2) is 17.0 Å². The first-order valence-corrected chi connectivity index (χ1v) is 14.5. The molecule has 1 fully saturated rings. The largest absolute Gasteiger partial charge is 0.464 e. The van der Waals surface area contributed by atoms with Crippen LogP contribution in [0.3, 0.4) is 0 Å². The molecular formula is C33H32ClN5O2. The van der Waals surface area contributed by atoms with Crippen LogP contribution in [0, 0.1) is 0 Å². The number of benzene rings is 3. The Morgan fingerprint density at radius 3 is 1.93 bits per heavy atom. The second-order valence-corrected chi connectivity index (χ2v) is 10.7. The summed E-state index contributed by atoms with van der Waals surface area (Å²) in [7, 11) is 0. The molecule has 1 aliphatic heterocycles. The van der Waals surface area contributed by atoms with Gasteiger partial charge in [0.1, 0.15) is 6.61 Å². The molecule has 208 valence electrons. The minimum Gasteiger partial charge on any atom is -0.464 e. The zero-order chi connectivity index (χ0) is 28.1. The average molecular weight is 566 g/mol. The first kappa shape index (κ1) is 27.0. The summed E-state index contributed by atoms with van der Waals surface area (Å²) in [6.07, 6.45) is 5.34. The Labute approximate surface area is 244 Å². The van der Waals surface area contributed by atoms with E-state index in [9.17, 15) is 4.79 Å². The molecule has 3 aromatic carbocycles. The topological polar surface area (TPSA) is 73.1 Å². The molecule has 7 nitrogen and oxygen atoms in total. The van der Waals surface area contributed by atoms with Gasteiger partial charge in [-0.15, -0.1) is 0 Å². The molecule has 0 radical (unpaired) electrons. The van der Waals surface area contributed by atoms with Gasteiger partial charge in [-0.2, -0.15) is 9.97 Å². The second-order valence-electron chi connectivity index (χ2n) is 10.4. The number of halogens is 1. The summed E-state index contributed by atoms with van der Waals surface area (Å²) in [4.78, 5) is 29.4. The predicted octanol–water partition coefficient (Wildman–Crippen LogP) is 6.44. The summed E-state index contributed by atoms with van der Waals surface area (Å²) in [5.74, 6) is 0.487. The van der Waals surface area contributed by atoms with Gasteiger partial charge in [-0.1, -0.05) is 91.0 Å². The van der Waals surface area contributed by atoms with Gasteiger partial charge >= 0.3 is 5.97 Å². The van der Waals surface area contributed by atoms with Crippen molar-refractivity contribution in [2.24, 2.45) is 0 Å². The van der Waals surface area contributed by atoms with Gasteiger partial charge in [0.25, 0.3) is 0 Å². The molecule has 3 heterocycles. The number of carbonyl (C=O) groups is 1. The van der Waals surface area contributed by atoms with E-state index in [1.54, 1.807) is 6.33 Å². The number of ether oxygens (including phenoxy) is 1. The number of hydrogen-bond acceptors (Lipinski definition) is 6. The van der Waals surface area contributed by atoms with Crippen LogP contribution in [0.4, 0.5) is 5.82 Å². The number of imidazole rings is 1. The van der Waals surface area contributed by atoms with Crippen LogP contribution < -0.4 is 4.90 Å². The van der Waals surface area contributed by atoms with Gasteiger partial charge in [-0.3, -0.25) is 4.79 Å². The molecule has 0 aliphatic carbocycles. The van der Waals surface area contributed by atoms with E-state index in [0.29, 0.717) is 12.2 Å². The molecule has 2 aromatic heterocycles. The van der Waals surface area contributed by atoms with Crippen molar-refractivity contribution in [3.05, 3.63) is 119 Å². The number of carbonyl (C=O) groups excluding carboxylic acids is 1. The maximum absolute atomic E-state index is 13.6. The molecule has 0 saturated carbocycles. The molecule has 0 unspecified atom stereocenters. The molecule has 0 atom stereocenters. The Balaban J connectivity index is 1.24. The van der Waals surface area contributed by atoms with E-state index in [2.05, 4.69) is 56.3 Å². The molecule has 0 N–H and O–H groups in total. The maximum Gasteiger partial charge on any atom is 0.307 e. The lowest BCUT2D eigenvalue weighted by molar-refractivity contribution is -0.144. The van der Waals surface area contributed by atoms with Crippen LogP contribution in [-0.2, 0) is 21.5 Å². The smallest absolute Gasteiger partial charge is 0.307 e. The highest BCUT2D eigenvalue weighted by atomic mass is 35.5. The van der Waals surface area contributed by atoms with Gasteiger partial charge in [0.2, 0.25) is 5.28 Å².